The first-order valence-corrected chi connectivity index (χ1v) is 3.00. The first-order chi connectivity index (χ1) is 3.80. The minimum absolute atomic E-state index is 0. The van der Waals surface area contributed by atoms with Crippen molar-refractivity contribution in [3.63, 3.8) is 0 Å². The molecule has 0 saturated heterocycles. The zero-order valence-electron chi connectivity index (χ0n) is 5.61. The van der Waals surface area contributed by atoms with E-state index in [0.717, 1.165) is 18.4 Å². The molecule has 0 bridgehead atoms. The van der Waals surface area contributed by atoms with Crippen LogP contribution >= 0.6 is 0 Å². The third-order valence-corrected chi connectivity index (χ3v) is 1.49. The highest BCUT2D eigenvalue weighted by molar-refractivity contribution is 5.93. The summed E-state index contributed by atoms with van der Waals surface area (Å²) in [6.07, 6.45) is 5.33. The molecule has 0 amide bonds. The van der Waals surface area contributed by atoms with Crippen LogP contribution in [0.5, 0.6) is 0 Å². The maximum Gasteiger partial charge on any atom is 0.155 e. The maximum absolute atomic E-state index is 10.6. The highest BCUT2D eigenvalue weighted by atomic mass is 16.1. The molecule has 0 heterocycles. The SMILES string of the molecule is CC(=O)C1=CCCC1.O. The lowest BCUT2D eigenvalue weighted by molar-refractivity contribution is -0.113. The lowest BCUT2D eigenvalue weighted by Crippen LogP contribution is -1.90. The van der Waals surface area contributed by atoms with Crippen molar-refractivity contribution in [1.82, 2.24) is 0 Å². The number of rotatable bonds is 1. The Kier molecular flexibility index (Phi) is 3.17. The van der Waals surface area contributed by atoms with E-state index < -0.39 is 0 Å². The number of allylic oxidation sites excluding steroid dienone is 2. The normalized spacial score (nSPS) is 16.3. The Morgan fingerprint density at radius 1 is 1.67 bits per heavy atom. The first kappa shape index (κ1) is 8.37. The van der Waals surface area contributed by atoms with Crippen LogP contribution in [0.1, 0.15) is 26.2 Å². The van der Waals surface area contributed by atoms with Gasteiger partial charge in [0, 0.05) is 0 Å². The predicted octanol–water partition coefficient (Wildman–Crippen LogP) is 0.861. The molecule has 1 rings (SSSR count). The van der Waals surface area contributed by atoms with Crippen molar-refractivity contribution in [2.24, 2.45) is 0 Å². The van der Waals surface area contributed by atoms with Crippen molar-refractivity contribution in [2.75, 3.05) is 0 Å². The van der Waals surface area contributed by atoms with Crippen LogP contribution < -0.4 is 0 Å². The molecule has 1 aliphatic carbocycles. The fourth-order valence-electron chi connectivity index (χ4n) is 0.991. The summed E-state index contributed by atoms with van der Waals surface area (Å²) in [5.74, 6) is 0.252. The number of hydrogen-bond acceptors (Lipinski definition) is 1. The van der Waals surface area contributed by atoms with Crippen molar-refractivity contribution < 1.29 is 10.3 Å². The molecule has 0 unspecified atom stereocenters. The van der Waals surface area contributed by atoms with Crippen LogP contribution in [0.25, 0.3) is 0 Å². The van der Waals surface area contributed by atoms with E-state index in [1.807, 2.05) is 6.08 Å². The van der Waals surface area contributed by atoms with Gasteiger partial charge in [-0.15, -0.1) is 0 Å². The van der Waals surface area contributed by atoms with Crippen LogP contribution in [0.15, 0.2) is 11.6 Å². The van der Waals surface area contributed by atoms with Crippen molar-refractivity contribution >= 4 is 5.78 Å². The summed E-state index contributed by atoms with van der Waals surface area (Å²) >= 11 is 0. The first-order valence-electron chi connectivity index (χ1n) is 3.00. The van der Waals surface area contributed by atoms with Gasteiger partial charge in [-0.1, -0.05) is 6.08 Å². The van der Waals surface area contributed by atoms with Gasteiger partial charge >= 0.3 is 0 Å². The van der Waals surface area contributed by atoms with Crippen LogP contribution in [-0.4, -0.2) is 11.3 Å². The van der Waals surface area contributed by atoms with Gasteiger partial charge in [0.1, 0.15) is 0 Å². The second-order valence-corrected chi connectivity index (χ2v) is 2.18. The van der Waals surface area contributed by atoms with Gasteiger partial charge in [0.25, 0.3) is 0 Å². The van der Waals surface area contributed by atoms with Crippen LogP contribution in [0.3, 0.4) is 0 Å². The van der Waals surface area contributed by atoms with Crippen molar-refractivity contribution in [1.29, 1.82) is 0 Å². The summed E-state index contributed by atoms with van der Waals surface area (Å²) < 4.78 is 0. The molecule has 0 aromatic rings. The van der Waals surface area contributed by atoms with Crippen molar-refractivity contribution in [2.45, 2.75) is 26.2 Å². The Hall–Kier alpha value is -0.630. The molecule has 52 valence electrons. The zero-order chi connectivity index (χ0) is 5.98. The molecule has 2 nitrogen and oxygen atoms in total. The molecule has 0 saturated carbocycles. The number of hydrogen-bond donors (Lipinski definition) is 0. The second-order valence-electron chi connectivity index (χ2n) is 2.18. The predicted molar refractivity (Wildman–Crippen MR) is 36.2 cm³/mol. The minimum Gasteiger partial charge on any atom is -0.412 e. The van der Waals surface area contributed by atoms with Crippen molar-refractivity contribution in [3.05, 3.63) is 11.6 Å². The van der Waals surface area contributed by atoms with Gasteiger partial charge in [0.2, 0.25) is 0 Å². The Labute approximate surface area is 54.9 Å². The topological polar surface area (TPSA) is 48.6 Å². The average molecular weight is 128 g/mol. The van der Waals surface area contributed by atoms with Gasteiger partial charge in [-0.05, 0) is 31.8 Å². The summed E-state index contributed by atoms with van der Waals surface area (Å²) in [6.45, 7) is 1.64. The molecule has 0 aromatic heterocycles. The Morgan fingerprint density at radius 2 is 2.33 bits per heavy atom. The van der Waals surface area contributed by atoms with Crippen LogP contribution in [0.4, 0.5) is 0 Å². The Morgan fingerprint density at radius 3 is 2.56 bits per heavy atom. The largest absolute Gasteiger partial charge is 0.412 e. The number of ketones is 1. The summed E-state index contributed by atoms with van der Waals surface area (Å²) in [6, 6.07) is 0. The number of carbonyl (C=O) groups excluding carboxylic acids is 1. The monoisotopic (exact) mass is 128 g/mol. The minimum atomic E-state index is 0. The number of Topliss-reactive ketones (excluding diaryl/α,β-unsaturated/α-hetero) is 1. The molecule has 1 aliphatic rings. The van der Waals surface area contributed by atoms with E-state index in [9.17, 15) is 4.79 Å². The molecule has 2 heteroatoms. The molecule has 0 fully saturated rings. The van der Waals surface area contributed by atoms with Gasteiger partial charge in [0.05, 0.1) is 0 Å². The van der Waals surface area contributed by atoms with Gasteiger partial charge in [0.15, 0.2) is 5.78 Å². The van der Waals surface area contributed by atoms with E-state index in [0.29, 0.717) is 0 Å². The maximum atomic E-state index is 10.6. The van der Waals surface area contributed by atoms with Crippen LogP contribution in [0, 0.1) is 0 Å². The van der Waals surface area contributed by atoms with E-state index in [-0.39, 0.29) is 11.3 Å². The summed E-state index contributed by atoms with van der Waals surface area (Å²) in [7, 11) is 0. The molecule has 0 aliphatic heterocycles. The van der Waals surface area contributed by atoms with Gasteiger partial charge in [-0.3, -0.25) is 4.79 Å². The van der Waals surface area contributed by atoms with E-state index in [4.69, 9.17) is 0 Å². The van der Waals surface area contributed by atoms with E-state index in [1.165, 1.54) is 6.42 Å². The highest BCUT2D eigenvalue weighted by Crippen LogP contribution is 2.17. The lowest BCUT2D eigenvalue weighted by atomic mass is 10.2. The lowest BCUT2D eigenvalue weighted by Gasteiger charge is -1.88. The van der Waals surface area contributed by atoms with Crippen LogP contribution in [0.2, 0.25) is 0 Å². The Balaban J connectivity index is 0.000000640. The molecule has 0 radical (unpaired) electrons. The molecular weight excluding hydrogens is 116 g/mol. The summed E-state index contributed by atoms with van der Waals surface area (Å²) in [5.41, 5.74) is 1.03. The highest BCUT2D eigenvalue weighted by Gasteiger charge is 2.06. The Bertz CT molecular complexity index is 136. The van der Waals surface area contributed by atoms with Crippen molar-refractivity contribution in [3.8, 4) is 0 Å². The van der Waals surface area contributed by atoms with Gasteiger partial charge < -0.3 is 5.48 Å². The smallest absolute Gasteiger partial charge is 0.155 e. The number of carbonyl (C=O) groups is 1. The van der Waals surface area contributed by atoms with Gasteiger partial charge in [-0.25, -0.2) is 0 Å². The third-order valence-electron chi connectivity index (χ3n) is 1.49. The second kappa shape index (κ2) is 3.41. The molecule has 2 N–H and O–H groups in total. The third kappa shape index (κ3) is 1.98. The van der Waals surface area contributed by atoms with E-state index in [1.54, 1.807) is 6.92 Å². The zero-order valence-corrected chi connectivity index (χ0v) is 5.61. The summed E-state index contributed by atoms with van der Waals surface area (Å²) in [4.78, 5) is 10.6. The molecule has 0 spiro atoms. The fraction of sp³-hybridized carbons (Fsp3) is 0.571. The molecule has 0 aromatic carbocycles. The fourth-order valence-corrected chi connectivity index (χ4v) is 0.991. The molecular formula is C7H12O2. The quantitative estimate of drug-likeness (QED) is 0.516. The molecule has 0 atom stereocenters. The van der Waals surface area contributed by atoms with Crippen LogP contribution in [-0.2, 0) is 4.79 Å². The molecule has 9 heavy (non-hydrogen) atoms. The average Bonchev–Trinajstić information content (AvgIpc) is 2.12. The standard InChI is InChI=1S/C7H10O.H2O/c1-6(8)7-4-2-3-5-7;/h4H,2-3,5H2,1H3;1H2. The van der Waals surface area contributed by atoms with Gasteiger partial charge in [-0.2, -0.15) is 0 Å². The summed E-state index contributed by atoms with van der Waals surface area (Å²) in [5, 5.41) is 0. The van der Waals surface area contributed by atoms with E-state index in [2.05, 4.69) is 0 Å². The van der Waals surface area contributed by atoms with E-state index >= 15 is 0 Å².